The minimum atomic E-state index is 1.00. The second-order valence-electron chi connectivity index (χ2n) is 9.29. The van der Waals surface area contributed by atoms with E-state index in [9.17, 15) is 0 Å². The van der Waals surface area contributed by atoms with Crippen molar-refractivity contribution in [3.8, 4) is 0 Å². The zero-order valence-electron chi connectivity index (χ0n) is 20.3. The van der Waals surface area contributed by atoms with Crippen molar-refractivity contribution in [3.05, 3.63) is 97.1 Å². The summed E-state index contributed by atoms with van der Waals surface area (Å²) in [6.07, 6.45) is 6.71. The maximum Gasteiger partial charge on any atom is 0.244 e. The van der Waals surface area contributed by atoms with E-state index in [4.69, 9.17) is 0 Å². The third-order valence-electron chi connectivity index (χ3n) is 6.76. The number of imidazole rings is 2. The van der Waals surface area contributed by atoms with E-state index in [1.165, 1.54) is 27.6 Å². The fourth-order valence-corrected chi connectivity index (χ4v) is 5.07. The summed E-state index contributed by atoms with van der Waals surface area (Å²) < 4.78 is 9.22. The molecule has 5 nitrogen and oxygen atoms in total. The third-order valence-corrected chi connectivity index (χ3v) is 6.76. The fourth-order valence-electron chi connectivity index (χ4n) is 5.07. The zero-order chi connectivity index (χ0) is 23.3. The molecule has 0 N–H and O–H groups in total. The van der Waals surface area contributed by atoms with Gasteiger partial charge in [-0.3, -0.25) is 4.90 Å². The van der Waals surface area contributed by atoms with Crippen LogP contribution in [0.3, 0.4) is 0 Å². The minimum Gasteiger partial charge on any atom is -0.299 e. The van der Waals surface area contributed by atoms with Crippen LogP contribution < -0.4 is 9.13 Å². The lowest BCUT2D eigenvalue weighted by Gasteiger charge is -2.22. The van der Waals surface area contributed by atoms with Crippen molar-refractivity contribution in [1.82, 2.24) is 14.0 Å². The maximum atomic E-state index is 2.62. The molecule has 0 fully saturated rings. The highest BCUT2D eigenvalue weighted by molar-refractivity contribution is 5.72. The molecule has 0 spiro atoms. The highest BCUT2D eigenvalue weighted by Gasteiger charge is 2.15. The van der Waals surface area contributed by atoms with E-state index in [1.54, 1.807) is 0 Å². The third kappa shape index (κ3) is 4.90. The molecule has 0 aliphatic rings. The Kier molecular flexibility index (Phi) is 6.72. The van der Waals surface area contributed by atoms with E-state index < -0.39 is 0 Å². The Hall–Kier alpha value is -3.44. The highest BCUT2D eigenvalue weighted by Crippen LogP contribution is 2.14. The van der Waals surface area contributed by atoms with Gasteiger partial charge >= 0.3 is 0 Å². The molecule has 2 heterocycles. The van der Waals surface area contributed by atoms with Gasteiger partial charge in [-0.1, -0.05) is 54.6 Å². The molecule has 0 bridgehead atoms. The number of hydrogen-bond donors (Lipinski definition) is 0. The lowest BCUT2D eigenvalue weighted by molar-refractivity contribution is -0.645. The van der Waals surface area contributed by atoms with Gasteiger partial charge in [0.1, 0.15) is 0 Å². The predicted molar refractivity (Wildman–Crippen MR) is 137 cm³/mol. The summed E-state index contributed by atoms with van der Waals surface area (Å²) in [6.45, 7) is 5.24. The molecule has 5 heteroatoms. The summed E-state index contributed by atoms with van der Waals surface area (Å²) in [5.74, 6) is 0. The van der Waals surface area contributed by atoms with Crippen molar-refractivity contribution >= 4 is 22.1 Å². The molecule has 0 aliphatic carbocycles. The van der Waals surface area contributed by atoms with Gasteiger partial charge in [0.2, 0.25) is 12.7 Å². The van der Waals surface area contributed by atoms with Crippen LogP contribution in [0.2, 0.25) is 0 Å². The molecular formula is C29H35N5+2. The first-order valence-electron chi connectivity index (χ1n) is 12.3. The van der Waals surface area contributed by atoms with Crippen molar-refractivity contribution in [2.75, 3.05) is 13.1 Å². The average Bonchev–Trinajstić information content (AvgIpc) is 3.36. The molecule has 0 unspecified atom stereocenters. The molecule has 5 rings (SSSR count). The van der Waals surface area contributed by atoms with Gasteiger partial charge in [0.15, 0.2) is 22.1 Å². The van der Waals surface area contributed by atoms with E-state index >= 15 is 0 Å². The van der Waals surface area contributed by atoms with E-state index in [2.05, 4.69) is 129 Å². The summed E-state index contributed by atoms with van der Waals surface area (Å²) in [6, 6.07) is 28.2. The molecule has 2 aromatic heterocycles. The Morgan fingerprint density at radius 2 is 1.09 bits per heavy atom. The van der Waals surface area contributed by atoms with Crippen molar-refractivity contribution in [2.24, 2.45) is 14.1 Å². The summed E-state index contributed by atoms with van der Waals surface area (Å²) in [5.41, 5.74) is 6.59. The Balaban J connectivity index is 1.23. The van der Waals surface area contributed by atoms with Crippen molar-refractivity contribution in [3.63, 3.8) is 0 Å². The van der Waals surface area contributed by atoms with Gasteiger partial charge in [0.25, 0.3) is 0 Å². The molecule has 3 aromatic carbocycles. The van der Waals surface area contributed by atoms with Gasteiger partial charge < -0.3 is 0 Å². The first-order chi connectivity index (χ1) is 16.7. The van der Waals surface area contributed by atoms with Crippen LogP contribution in [0.4, 0.5) is 0 Å². The highest BCUT2D eigenvalue weighted by atomic mass is 15.2. The molecule has 174 valence electrons. The van der Waals surface area contributed by atoms with Gasteiger partial charge in [-0.2, -0.15) is 0 Å². The van der Waals surface area contributed by atoms with Crippen LogP contribution in [-0.4, -0.2) is 27.1 Å². The molecule has 0 radical (unpaired) electrons. The summed E-state index contributed by atoms with van der Waals surface area (Å²) >= 11 is 0. The normalized spacial score (nSPS) is 11.7. The van der Waals surface area contributed by atoms with Crippen LogP contribution in [0.25, 0.3) is 22.1 Å². The van der Waals surface area contributed by atoms with Gasteiger partial charge in [-0.05, 0) is 42.7 Å². The van der Waals surface area contributed by atoms with Crippen LogP contribution in [0.1, 0.15) is 18.4 Å². The smallest absolute Gasteiger partial charge is 0.244 e. The predicted octanol–water partition coefficient (Wildman–Crippen LogP) is 4.23. The minimum absolute atomic E-state index is 1.00. The quantitative estimate of drug-likeness (QED) is 0.290. The Labute approximate surface area is 202 Å². The van der Waals surface area contributed by atoms with Crippen molar-refractivity contribution in [1.29, 1.82) is 0 Å². The first kappa shape index (κ1) is 22.4. The average molecular weight is 454 g/mol. The molecule has 34 heavy (non-hydrogen) atoms. The monoisotopic (exact) mass is 453 g/mol. The van der Waals surface area contributed by atoms with Crippen molar-refractivity contribution < 1.29 is 9.13 Å². The second-order valence-corrected chi connectivity index (χ2v) is 9.29. The number of rotatable bonds is 10. The molecule has 0 saturated carbocycles. The molecular weight excluding hydrogens is 418 g/mol. The van der Waals surface area contributed by atoms with Gasteiger partial charge in [-0.25, -0.2) is 18.3 Å². The van der Waals surface area contributed by atoms with E-state index in [0.717, 1.165) is 45.6 Å². The van der Waals surface area contributed by atoms with Crippen LogP contribution in [0, 0.1) is 0 Å². The first-order valence-corrected chi connectivity index (χ1v) is 12.3. The van der Waals surface area contributed by atoms with Crippen molar-refractivity contribution in [2.45, 2.75) is 32.5 Å². The number of aromatic nitrogens is 4. The maximum absolute atomic E-state index is 2.62. The molecule has 0 atom stereocenters. The van der Waals surface area contributed by atoms with E-state index in [0.29, 0.717) is 0 Å². The van der Waals surface area contributed by atoms with Gasteiger partial charge in [-0.15, -0.1) is 0 Å². The Morgan fingerprint density at radius 1 is 0.618 bits per heavy atom. The number of nitrogens with zero attached hydrogens (tertiary/aromatic N) is 5. The Bertz CT molecular complexity index is 1280. The SMILES string of the molecule is C[n+]1cn(CCCN(CCCn2c[n+](C)c3ccccc32)Cc2ccccc2)c2ccccc21. The van der Waals surface area contributed by atoms with E-state index in [1.807, 2.05) is 0 Å². The number of hydrogen-bond acceptors (Lipinski definition) is 1. The number of para-hydroxylation sites is 4. The van der Waals surface area contributed by atoms with Crippen LogP contribution in [0.15, 0.2) is 91.5 Å². The number of fused-ring (bicyclic) bond motifs is 2. The summed E-state index contributed by atoms with van der Waals surface area (Å²) in [4.78, 5) is 2.62. The molecule has 0 aliphatic heterocycles. The second kappa shape index (κ2) is 10.2. The fraction of sp³-hybridized carbons (Fsp3) is 0.310. The van der Waals surface area contributed by atoms with Gasteiger partial charge in [0.05, 0.1) is 27.2 Å². The van der Waals surface area contributed by atoms with E-state index in [-0.39, 0.29) is 0 Å². The summed E-state index contributed by atoms with van der Waals surface area (Å²) in [5, 5.41) is 0. The molecule has 0 saturated heterocycles. The number of benzene rings is 3. The zero-order valence-corrected chi connectivity index (χ0v) is 20.3. The largest absolute Gasteiger partial charge is 0.299 e. The number of aryl methyl sites for hydroxylation is 4. The lowest BCUT2D eigenvalue weighted by Crippen LogP contribution is -2.28. The van der Waals surface area contributed by atoms with Crippen LogP contribution in [-0.2, 0) is 33.7 Å². The molecule has 0 amide bonds. The standard InChI is InChI=1S/C29H35N5/c1-30-23-33(28-16-8-6-14-26(28)30)20-10-18-32(22-25-12-4-3-5-13-25)19-11-21-34-24-31(2)27-15-7-9-17-29(27)34/h3-9,12-17,23-24H,10-11,18-22H2,1-2H3/q+2. The Morgan fingerprint density at radius 3 is 1.62 bits per heavy atom. The lowest BCUT2D eigenvalue weighted by atomic mass is 10.2. The van der Waals surface area contributed by atoms with Crippen LogP contribution >= 0.6 is 0 Å². The topological polar surface area (TPSA) is 20.9 Å². The van der Waals surface area contributed by atoms with Crippen LogP contribution in [0.5, 0.6) is 0 Å². The molecule has 5 aromatic rings. The van der Waals surface area contributed by atoms with Gasteiger partial charge in [0, 0.05) is 19.6 Å². The summed E-state index contributed by atoms with van der Waals surface area (Å²) in [7, 11) is 4.26.